The molecule has 0 bridgehead atoms. The summed E-state index contributed by atoms with van der Waals surface area (Å²) in [6.07, 6.45) is 0. The molecular formula is C18H22ClN3O2. The zero-order chi connectivity index (χ0) is 17.1. The Bertz CT molecular complexity index is 750. The number of likely N-dealkylation sites (N-methyl/N-ethyl adjacent to an activating group) is 1. The van der Waals surface area contributed by atoms with Gasteiger partial charge in [0, 0.05) is 36.6 Å². The highest BCUT2D eigenvalue weighted by atomic mass is 35.5. The summed E-state index contributed by atoms with van der Waals surface area (Å²) in [5.41, 5.74) is 2.06. The molecule has 0 aliphatic carbocycles. The average molecular weight is 348 g/mol. The first-order valence-corrected chi connectivity index (χ1v) is 8.52. The van der Waals surface area contributed by atoms with E-state index in [0.717, 1.165) is 30.8 Å². The summed E-state index contributed by atoms with van der Waals surface area (Å²) in [7, 11) is 2.07. The van der Waals surface area contributed by atoms with E-state index in [4.69, 9.17) is 16.3 Å². The van der Waals surface area contributed by atoms with Crippen LogP contribution in [0.2, 0.25) is 5.02 Å². The second-order valence-corrected chi connectivity index (χ2v) is 6.77. The average Bonchev–Trinajstić information content (AvgIpc) is 2.77. The van der Waals surface area contributed by atoms with Crippen LogP contribution in [0.3, 0.4) is 0 Å². The van der Waals surface area contributed by atoms with Crippen LogP contribution in [-0.4, -0.2) is 55.7 Å². The number of fused-ring (bicyclic) bond motifs is 1. The lowest BCUT2D eigenvalue weighted by Crippen LogP contribution is -2.36. The molecule has 1 atom stereocenters. The van der Waals surface area contributed by atoms with Crippen molar-refractivity contribution in [3.63, 3.8) is 0 Å². The van der Waals surface area contributed by atoms with Crippen molar-refractivity contribution in [3.05, 3.63) is 40.5 Å². The molecule has 0 saturated carbocycles. The molecule has 5 nitrogen and oxygen atoms in total. The minimum atomic E-state index is -0.0975. The summed E-state index contributed by atoms with van der Waals surface area (Å²) in [6, 6.07) is 7.32. The molecule has 0 spiro atoms. The topological polar surface area (TPSA) is 54.5 Å². The second kappa shape index (κ2) is 7.47. The summed E-state index contributed by atoms with van der Waals surface area (Å²) in [5, 5.41) is 4.38. The first-order valence-electron chi connectivity index (χ1n) is 8.15. The van der Waals surface area contributed by atoms with Gasteiger partial charge in [-0.1, -0.05) is 23.7 Å². The normalized spacial score (nSPS) is 19.2. The Morgan fingerprint density at radius 2 is 2.33 bits per heavy atom. The summed E-state index contributed by atoms with van der Waals surface area (Å²) < 4.78 is 5.60. The minimum Gasteiger partial charge on any atom is -0.380 e. The third-order valence-corrected chi connectivity index (χ3v) is 4.56. The number of para-hydroxylation sites is 1. The van der Waals surface area contributed by atoms with Crippen molar-refractivity contribution in [1.82, 2.24) is 15.2 Å². The molecule has 6 heteroatoms. The van der Waals surface area contributed by atoms with Gasteiger partial charge in [-0.2, -0.15) is 0 Å². The molecule has 1 N–H and O–H groups in total. The molecule has 1 saturated heterocycles. The largest absolute Gasteiger partial charge is 0.380 e. The number of amides is 1. The number of hydrogen-bond donors (Lipinski definition) is 1. The monoisotopic (exact) mass is 347 g/mol. The number of carbonyl (C=O) groups excluding carboxylic acids is 1. The van der Waals surface area contributed by atoms with Crippen molar-refractivity contribution in [1.29, 1.82) is 0 Å². The van der Waals surface area contributed by atoms with Crippen LogP contribution in [0.4, 0.5) is 0 Å². The fourth-order valence-electron chi connectivity index (χ4n) is 3.04. The third kappa shape index (κ3) is 3.86. The third-order valence-electron chi connectivity index (χ3n) is 4.26. The standard InChI is InChI=1S/C18H22ClN3O2/c1-12-8-15(14-4-3-5-16(19)17(14)21-12)18(23)20-9-13-10-22(2)6-7-24-11-13/h3-5,8,13H,6-7,9-11H2,1-2H3,(H,20,23). The molecule has 2 heterocycles. The Kier molecular flexibility index (Phi) is 5.33. The number of nitrogens with zero attached hydrogens (tertiary/aromatic N) is 2. The van der Waals surface area contributed by atoms with Gasteiger partial charge < -0.3 is 15.0 Å². The number of halogens is 1. The number of pyridine rings is 1. The highest BCUT2D eigenvalue weighted by Gasteiger charge is 2.19. The predicted octanol–water partition coefficient (Wildman–Crippen LogP) is 2.50. The predicted molar refractivity (Wildman–Crippen MR) is 95.6 cm³/mol. The lowest BCUT2D eigenvalue weighted by molar-refractivity contribution is 0.0923. The molecule has 3 rings (SSSR count). The number of ether oxygens (including phenoxy) is 1. The zero-order valence-electron chi connectivity index (χ0n) is 14.0. The maximum Gasteiger partial charge on any atom is 0.252 e. The van der Waals surface area contributed by atoms with E-state index in [0.29, 0.717) is 35.2 Å². The molecule has 1 aromatic heterocycles. The number of rotatable bonds is 3. The van der Waals surface area contributed by atoms with Gasteiger partial charge in [-0.15, -0.1) is 0 Å². The van der Waals surface area contributed by atoms with E-state index in [2.05, 4.69) is 22.2 Å². The molecule has 1 aliphatic heterocycles. The van der Waals surface area contributed by atoms with Gasteiger partial charge in [-0.25, -0.2) is 0 Å². The van der Waals surface area contributed by atoms with Gasteiger partial charge in [-0.3, -0.25) is 9.78 Å². The SMILES string of the molecule is Cc1cc(C(=O)NCC2COCCN(C)C2)c2cccc(Cl)c2n1. The van der Waals surface area contributed by atoms with E-state index in [1.54, 1.807) is 6.07 Å². The van der Waals surface area contributed by atoms with Crippen LogP contribution in [0.1, 0.15) is 16.1 Å². The molecule has 2 aromatic rings. The van der Waals surface area contributed by atoms with E-state index >= 15 is 0 Å². The van der Waals surface area contributed by atoms with E-state index in [9.17, 15) is 4.79 Å². The first-order chi connectivity index (χ1) is 11.5. The number of aromatic nitrogens is 1. The van der Waals surface area contributed by atoms with Crippen molar-refractivity contribution >= 4 is 28.4 Å². The van der Waals surface area contributed by atoms with Gasteiger partial charge in [0.2, 0.25) is 0 Å². The van der Waals surface area contributed by atoms with E-state index in [-0.39, 0.29) is 5.91 Å². The Labute approximate surface area is 146 Å². The van der Waals surface area contributed by atoms with E-state index in [1.165, 1.54) is 0 Å². The van der Waals surface area contributed by atoms with Crippen LogP contribution in [0.25, 0.3) is 10.9 Å². The van der Waals surface area contributed by atoms with E-state index in [1.807, 2.05) is 25.1 Å². The number of hydrogen-bond acceptors (Lipinski definition) is 4. The quantitative estimate of drug-likeness (QED) is 0.927. The number of benzene rings is 1. The van der Waals surface area contributed by atoms with Crippen LogP contribution in [-0.2, 0) is 4.74 Å². The molecule has 1 aliphatic rings. The summed E-state index contributed by atoms with van der Waals surface area (Å²) in [5.74, 6) is 0.193. The minimum absolute atomic E-state index is 0.0975. The van der Waals surface area contributed by atoms with Gasteiger partial charge in [0.05, 0.1) is 29.3 Å². The van der Waals surface area contributed by atoms with Crippen molar-refractivity contribution in [2.24, 2.45) is 5.92 Å². The Morgan fingerprint density at radius 1 is 1.50 bits per heavy atom. The van der Waals surface area contributed by atoms with Gasteiger partial charge in [0.25, 0.3) is 5.91 Å². The maximum absolute atomic E-state index is 12.7. The number of carbonyl (C=O) groups is 1. The van der Waals surface area contributed by atoms with Crippen LogP contribution in [0.5, 0.6) is 0 Å². The molecule has 1 amide bonds. The smallest absolute Gasteiger partial charge is 0.252 e. The number of nitrogens with one attached hydrogen (secondary N) is 1. The molecule has 0 radical (unpaired) electrons. The first kappa shape index (κ1) is 17.1. The fourth-order valence-corrected chi connectivity index (χ4v) is 3.26. The highest BCUT2D eigenvalue weighted by molar-refractivity contribution is 6.35. The van der Waals surface area contributed by atoms with Crippen LogP contribution in [0, 0.1) is 12.8 Å². The van der Waals surface area contributed by atoms with Crippen molar-refractivity contribution in [2.75, 3.05) is 39.9 Å². The molecule has 128 valence electrons. The lowest BCUT2D eigenvalue weighted by Gasteiger charge is -2.19. The van der Waals surface area contributed by atoms with Gasteiger partial charge in [0.15, 0.2) is 0 Å². The summed E-state index contributed by atoms with van der Waals surface area (Å²) in [6.45, 7) is 5.72. The Morgan fingerprint density at radius 3 is 3.17 bits per heavy atom. The van der Waals surface area contributed by atoms with Crippen molar-refractivity contribution in [2.45, 2.75) is 6.92 Å². The van der Waals surface area contributed by atoms with E-state index < -0.39 is 0 Å². The summed E-state index contributed by atoms with van der Waals surface area (Å²) in [4.78, 5) is 19.4. The van der Waals surface area contributed by atoms with Crippen molar-refractivity contribution in [3.8, 4) is 0 Å². The molecular weight excluding hydrogens is 326 g/mol. The van der Waals surface area contributed by atoms with Gasteiger partial charge >= 0.3 is 0 Å². The Balaban J connectivity index is 1.78. The van der Waals surface area contributed by atoms with Gasteiger partial charge in [-0.05, 0) is 26.1 Å². The fraction of sp³-hybridized carbons (Fsp3) is 0.444. The second-order valence-electron chi connectivity index (χ2n) is 6.36. The van der Waals surface area contributed by atoms with Crippen LogP contribution < -0.4 is 5.32 Å². The highest BCUT2D eigenvalue weighted by Crippen LogP contribution is 2.25. The van der Waals surface area contributed by atoms with Crippen LogP contribution in [0.15, 0.2) is 24.3 Å². The zero-order valence-corrected chi connectivity index (χ0v) is 14.8. The summed E-state index contributed by atoms with van der Waals surface area (Å²) >= 11 is 6.22. The number of aryl methyl sites for hydroxylation is 1. The lowest BCUT2D eigenvalue weighted by atomic mass is 10.1. The molecule has 1 fully saturated rings. The van der Waals surface area contributed by atoms with Crippen LogP contribution >= 0.6 is 11.6 Å². The molecule has 1 aromatic carbocycles. The van der Waals surface area contributed by atoms with Gasteiger partial charge in [0.1, 0.15) is 0 Å². The maximum atomic E-state index is 12.7. The Hall–Kier alpha value is -1.69. The molecule has 1 unspecified atom stereocenters. The van der Waals surface area contributed by atoms with Crippen molar-refractivity contribution < 1.29 is 9.53 Å². The molecule has 24 heavy (non-hydrogen) atoms.